The molecule has 0 unspecified atom stereocenters. The molecular formula is C48H30N4. The molecule has 0 fully saturated rings. The lowest BCUT2D eigenvalue weighted by Crippen LogP contribution is -2.03. The molecule has 0 aliphatic heterocycles. The number of nitrogens with zero attached hydrogens (tertiary/aromatic N) is 4. The Bertz CT molecular complexity index is 3170. The summed E-state index contributed by atoms with van der Waals surface area (Å²) in [6, 6.07) is 64.9. The van der Waals surface area contributed by atoms with Gasteiger partial charge in [0.25, 0.3) is 0 Å². The molecule has 0 saturated heterocycles. The van der Waals surface area contributed by atoms with Gasteiger partial charge in [-0.3, -0.25) is 4.57 Å². The first-order valence-corrected chi connectivity index (χ1v) is 17.7. The zero-order valence-corrected chi connectivity index (χ0v) is 28.1. The highest BCUT2D eigenvalue weighted by Crippen LogP contribution is 2.40. The van der Waals surface area contributed by atoms with Gasteiger partial charge in [-0.05, 0) is 64.9 Å². The Morgan fingerprint density at radius 3 is 1.79 bits per heavy atom. The van der Waals surface area contributed by atoms with Crippen molar-refractivity contribution in [2.75, 3.05) is 0 Å². The average molecular weight is 663 g/mol. The summed E-state index contributed by atoms with van der Waals surface area (Å²) in [6.45, 7) is 0. The molecule has 3 heterocycles. The maximum absolute atomic E-state index is 5.44. The Morgan fingerprint density at radius 2 is 1.00 bits per heavy atom. The van der Waals surface area contributed by atoms with Gasteiger partial charge in [-0.15, -0.1) is 0 Å². The predicted molar refractivity (Wildman–Crippen MR) is 217 cm³/mol. The lowest BCUT2D eigenvalue weighted by Gasteiger charge is -2.14. The molecule has 0 aliphatic carbocycles. The van der Waals surface area contributed by atoms with Crippen LogP contribution in [0.1, 0.15) is 0 Å². The number of benzene rings is 8. The van der Waals surface area contributed by atoms with Gasteiger partial charge in [-0.2, -0.15) is 0 Å². The zero-order valence-electron chi connectivity index (χ0n) is 28.1. The first-order chi connectivity index (χ1) is 25.8. The molecule has 0 atom stereocenters. The predicted octanol–water partition coefficient (Wildman–Crippen LogP) is 12.3. The van der Waals surface area contributed by atoms with Crippen LogP contribution in [0.25, 0.3) is 99.3 Å². The Hall–Kier alpha value is -7.04. The minimum Gasteiger partial charge on any atom is -0.309 e. The minimum absolute atomic E-state index is 0.659. The Labute approximate surface area is 299 Å². The van der Waals surface area contributed by atoms with Crippen molar-refractivity contribution in [3.63, 3.8) is 0 Å². The highest BCUT2D eigenvalue weighted by atomic mass is 15.2. The summed E-state index contributed by atoms with van der Waals surface area (Å²) in [7, 11) is 0. The van der Waals surface area contributed by atoms with Gasteiger partial charge >= 0.3 is 0 Å². The molecule has 0 bridgehead atoms. The van der Waals surface area contributed by atoms with Crippen LogP contribution in [0.15, 0.2) is 182 Å². The smallest absolute Gasteiger partial charge is 0.235 e. The Balaban J connectivity index is 1.20. The second kappa shape index (κ2) is 11.2. The third kappa shape index (κ3) is 4.28. The fraction of sp³-hybridized carbons (Fsp3) is 0. The summed E-state index contributed by atoms with van der Waals surface area (Å²) >= 11 is 0. The van der Waals surface area contributed by atoms with Crippen molar-refractivity contribution in [1.82, 2.24) is 19.1 Å². The number of rotatable bonds is 4. The third-order valence-electron chi connectivity index (χ3n) is 10.5. The molecule has 242 valence electrons. The standard InChI is InChI=1S/C48H30N4/c1-3-14-31(15-4-1)46-41-29-34(36-22-13-23-39-37-20-9-11-24-43(37)51(47(36)39)35-18-5-2-6-19-35)26-27-42(41)49-48(50-46)52-44-25-12-10-21-38(44)40-28-32-16-7-8-17-33(32)30-45(40)52/h1-30H. The van der Waals surface area contributed by atoms with E-state index < -0.39 is 0 Å². The van der Waals surface area contributed by atoms with E-state index in [0.717, 1.165) is 50.0 Å². The van der Waals surface area contributed by atoms with E-state index in [-0.39, 0.29) is 0 Å². The van der Waals surface area contributed by atoms with Gasteiger partial charge in [-0.1, -0.05) is 133 Å². The Kier molecular flexibility index (Phi) is 6.22. The van der Waals surface area contributed by atoms with Gasteiger partial charge in [-0.25, -0.2) is 9.97 Å². The molecule has 8 aromatic carbocycles. The molecule has 0 spiro atoms. The van der Waals surface area contributed by atoms with Crippen LogP contribution in [0.3, 0.4) is 0 Å². The molecule has 0 radical (unpaired) electrons. The third-order valence-corrected chi connectivity index (χ3v) is 10.5. The second-order valence-electron chi connectivity index (χ2n) is 13.4. The van der Waals surface area contributed by atoms with E-state index >= 15 is 0 Å². The number of para-hydroxylation sites is 4. The fourth-order valence-electron chi connectivity index (χ4n) is 8.17. The molecule has 4 heteroatoms. The summed E-state index contributed by atoms with van der Waals surface area (Å²) < 4.78 is 4.63. The largest absolute Gasteiger partial charge is 0.309 e. The van der Waals surface area contributed by atoms with E-state index in [4.69, 9.17) is 9.97 Å². The summed E-state index contributed by atoms with van der Waals surface area (Å²) in [6.07, 6.45) is 0. The second-order valence-corrected chi connectivity index (χ2v) is 13.4. The van der Waals surface area contributed by atoms with Crippen LogP contribution < -0.4 is 0 Å². The van der Waals surface area contributed by atoms with Crippen molar-refractivity contribution in [1.29, 1.82) is 0 Å². The van der Waals surface area contributed by atoms with Crippen molar-refractivity contribution in [2.45, 2.75) is 0 Å². The quantitative estimate of drug-likeness (QED) is 0.188. The van der Waals surface area contributed by atoms with E-state index in [1.54, 1.807) is 0 Å². The fourth-order valence-corrected chi connectivity index (χ4v) is 8.17. The van der Waals surface area contributed by atoms with Crippen molar-refractivity contribution in [3.05, 3.63) is 182 Å². The molecule has 3 aromatic heterocycles. The van der Waals surface area contributed by atoms with Crippen LogP contribution in [0.5, 0.6) is 0 Å². The van der Waals surface area contributed by atoms with Crippen LogP contribution in [0, 0.1) is 0 Å². The number of aromatic nitrogens is 4. The summed E-state index contributed by atoms with van der Waals surface area (Å²) in [5.41, 5.74) is 10.8. The van der Waals surface area contributed by atoms with E-state index in [1.165, 1.54) is 43.4 Å². The van der Waals surface area contributed by atoms with Crippen molar-refractivity contribution in [3.8, 4) is 34.0 Å². The lowest BCUT2D eigenvalue weighted by molar-refractivity contribution is 1.01. The molecule has 11 rings (SSSR count). The molecular weight excluding hydrogens is 633 g/mol. The van der Waals surface area contributed by atoms with E-state index in [1.807, 2.05) is 0 Å². The van der Waals surface area contributed by atoms with Gasteiger partial charge in [0.1, 0.15) is 0 Å². The van der Waals surface area contributed by atoms with Crippen LogP contribution in [0.2, 0.25) is 0 Å². The summed E-state index contributed by atoms with van der Waals surface area (Å²) in [5.74, 6) is 0.659. The topological polar surface area (TPSA) is 35.6 Å². The molecule has 11 aromatic rings. The molecule has 52 heavy (non-hydrogen) atoms. The molecule has 4 nitrogen and oxygen atoms in total. The van der Waals surface area contributed by atoms with E-state index in [0.29, 0.717) is 5.95 Å². The molecule has 0 aliphatic rings. The number of fused-ring (bicyclic) bond motifs is 8. The van der Waals surface area contributed by atoms with Gasteiger partial charge in [0.2, 0.25) is 5.95 Å². The number of hydrogen-bond acceptors (Lipinski definition) is 2. The van der Waals surface area contributed by atoms with Gasteiger partial charge in [0, 0.05) is 43.7 Å². The van der Waals surface area contributed by atoms with Gasteiger partial charge in [0.05, 0.1) is 33.3 Å². The maximum atomic E-state index is 5.44. The van der Waals surface area contributed by atoms with Crippen LogP contribution in [-0.4, -0.2) is 19.1 Å². The van der Waals surface area contributed by atoms with Crippen molar-refractivity contribution in [2.24, 2.45) is 0 Å². The SMILES string of the molecule is c1ccc(-c2nc(-n3c4ccccc4c4cc5ccccc5cc43)nc3ccc(-c4cccc5c6ccccc6n(-c6ccccc6)c45)cc23)cc1. The molecule has 0 amide bonds. The van der Waals surface area contributed by atoms with Gasteiger partial charge in [0.15, 0.2) is 0 Å². The average Bonchev–Trinajstić information content (AvgIpc) is 3.72. The molecule has 0 N–H and O–H groups in total. The van der Waals surface area contributed by atoms with Crippen molar-refractivity contribution >= 4 is 65.3 Å². The van der Waals surface area contributed by atoms with E-state index in [2.05, 4.69) is 191 Å². The summed E-state index contributed by atoms with van der Waals surface area (Å²) in [5, 5.41) is 8.26. The highest BCUT2D eigenvalue weighted by molar-refractivity contribution is 6.15. The monoisotopic (exact) mass is 662 g/mol. The van der Waals surface area contributed by atoms with Crippen LogP contribution >= 0.6 is 0 Å². The minimum atomic E-state index is 0.659. The Morgan fingerprint density at radius 1 is 0.365 bits per heavy atom. The van der Waals surface area contributed by atoms with Crippen LogP contribution in [0.4, 0.5) is 0 Å². The first-order valence-electron chi connectivity index (χ1n) is 17.7. The van der Waals surface area contributed by atoms with Crippen molar-refractivity contribution < 1.29 is 0 Å². The maximum Gasteiger partial charge on any atom is 0.235 e. The van der Waals surface area contributed by atoms with Crippen LogP contribution in [-0.2, 0) is 0 Å². The normalized spacial score (nSPS) is 11.8. The molecule has 0 saturated carbocycles. The first kappa shape index (κ1) is 28.8. The summed E-state index contributed by atoms with van der Waals surface area (Å²) in [4.78, 5) is 10.8. The number of hydrogen-bond donors (Lipinski definition) is 0. The zero-order chi connectivity index (χ0) is 34.2. The lowest BCUT2D eigenvalue weighted by atomic mass is 9.98. The van der Waals surface area contributed by atoms with Gasteiger partial charge < -0.3 is 4.57 Å². The van der Waals surface area contributed by atoms with E-state index in [9.17, 15) is 0 Å². The highest BCUT2D eigenvalue weighted by Gasteiger charge is 2.20.